The first-order valence-corrected chi connectivity index (χ1v) is 6.67. The van der Waals surface area contributed by atoms with Gasteiger partial charge in [-0.1, -0.05) is 11.8 Å². The zero-order chi connectivity index (χ0) is 12.8. The van der Waals surface area contributed by atoms with Crippen LogP contribution in [0.4, 0.5) is 0 Å². The Hall–Kier alpha value is -1.24. The maximum atomic E-state index is 8.57. The summed E-state index contributed by atoms with van der Waals surface area (Å²) in [5.41, 5.74) is 1.89. The van der Waals surface area contributed by atoms with Crippen molar-refractivity contribution in [3.05, 3.63) is 18.2 Å². The zero-order valence-corrected chi connectivity index (χ0v) is 11.0. The van der Waals surface area contributed by atoms with Crippen molar-refractivity contribution in [2.45, 2.75) is 5.16 Å². The Balaban J connectivity index is 1.93. The minimum absolute atomic E-state index is 0.0646. The molecule has 1 aromatic carbocycles. The maximum absolute atomic E-state index is 8.57. The predicted molar refractivity (Wildman–Crippen MR) is 71.3 cm³/mol. The number of nitrogens with zero attached hydrogens (tertiary/aromatic N) is 1. The van der Waals surface area contributed by atoms with Crippen molar-refractivity contribution in [3.8, 4) is 5.75 Å². The minimum Gasteiger partial charge on any atom is -0.497 e. The number of H-pyrrole nitrogens is 1. The second kappa shape index (κ2) is 6.63. The fourth-order valence-electron chi connectivity index (χ4n) is 1.52. The molecule has 0 bridgehead atoms. The van der Waals surface area contributed by atoms with Crippen LogP contribution in [-0.2, 0) is 4.74 Å². The second-order valence-corrected chi connectivity index (χ2v) is 4.69. The van der Waals surface area contributed by atoms with Crippen molar-refractivity contribution in [1.29, 1.82) is 0 Å². The summed E-state index contributed by atoms with van der Waals surface area (Å²) in [6.45, 7) is 1.05. The topological polar surface area (TPSA) is 67.4 Å². The summed E-state index contributed by atoms with van der Waals surface area (Å²) in [5.74, 6) is 1.62. The first-order chi connectivity index (χ1) is 8.83. The number of hydrogen-bond acceptors (Lipinski definition) is 5. The molecular weight excluding hydrogens is 252 g/mol. The molecule has 5 nitrogen and oxygen atoms in total. The molecule has 1 aromatic heterocycles. The van der Waals surface area contributed by atoms with E-state index in [0.29, 0.717) is 13.2 Å². The van der Waals surface area contributed by atoms with Gasteiger partial charge in [0.25, 0.3) is 0 Å². The summed E-state index contributed by atoms with van der Waals surface area (Å²) >= 11 is 1.60. The summed E-state index contributed by atoms with van der Waals surface area (Å²) < 4.78 is 10.3. The van der Waals surface area contributed by atoms with Gasteiger partial charge >= 0.3 is 0 Å². The molecule has 0 saturated heterocycles. The van der Waals surface area contributed by atoms with Gasteiger partial charge in [-0.25, -0.2) is 4.98 Å². The van der Waals surface area contributed by atoms with Gasteiger partial charge in [-0.3, -0.25) is 0 Å². The molecule has 0 fully saturated rings. The van der Waals surface area contributed by atoms with Gasteiger partial charge in [0.05, 0.1) is 38.0 Å². The summed E-state index contributed by atoms with van der Waals surface area (Å²) in [4.78, 5) is 7.68. The summed E-state index contributed by atoms with van der Waals surface area (Å²) in [6, 6.07) is 5.74. The molecule has 0 amide bonds. The number of fused-ring (bicyclic) bond motifs is 1. The minimum atomic E-state index is 0.0646. The normalized spacial score (nSPS) is 11.0. The van der Waals surface area contributed by atoms with Crippen molar-refractivity contribution >= 4 is 22.8 Å². The maximum Gasteiger partial charge on any atom is 0.166 e. The highest BCUT2D eigenvalue weighted by molar-refractivity contribution is 7.99. The standard InChI is InChI=1S/C12H16N2O3S/c1-16-9-2-3-10-11(8-9)14-12(13-10)18-7-6-17-5-4-15/h2-3,8,15H,4-7H2,1H3,(H,13,14). The molecule has 0 aliphatic heterocycles. The zero-order valence-electron chi connectivity index (χ0n) is 10.2. The number of imidazole rings is 1. The van der Waals surface area contributed by atoms with E-state index in [0.717, 1.165) is 27.7 Å². The Kier molecular flexibility index (Phi) is 4.86. The fraction of sp³-hybridized carbons (Fsp3) is 0.417. The van der Waals surface area contributed by atoms with E-state index in [4.69, 9.17) is 14.6 Å². The van der Waals surface area contributed by atoms with Crippen molar-refractivity contribution in [2.75, 3.05) is 32.7 Å². The van der Waals surface area contributed by atoms with Gasteiger partial charge in [-0.2, -0.15) is 0 Å². The van der Waals surface area contributed by atoms with E-state index in [1.807, 2.05) is 18.2 Å². The van der Waals surface area contributed by atoms with E-state index in [9.17, 15) is 0 Å². The number of aromatic amines is 1. The average Bonchev–Trinajstić information content (AvgIpc) is 2.80. The quantitative estimate of drug-likeness (QED) is 0.590. The van der Waals surface area contributed by atoms with Crippen molar-refractivity contribution < 1.29 is 14.6 Å². The van der Waals surface area contributed by atoms with E-state index in [1.54, 1.807) is 18.9 Å². The number of aliphatic hydroxyl groups is 1. The summed E-state index contributed by atoms with van der Waals surface area (Å²) in [7, 11) is 1.64. The first-order valence-electron chi connectivity index (χ1n) is 5.68. The molecule has 0 saturated carbocycles. The van der Waals surface area contributed by atoms with Crippen LogP contribution in [-0.4, -0.2) is 47.8 Å². The molecule has 0 atom stereocenters. The number of ether oxygens (including phenoxy) is 2. The molecule has 6 heteroatoms. The van der Waals surface area contributed by atoms with Crippen LogP contribution in [0.5, 0.6) is 5.75 Å². The Morgan fingerprint density at radius 2 is 2.28 bits per heavy atom. The molecule has 1 heterocycles. The molecule has 2 aromatic rings. The number of aromatic nitrogens is 2. The van der Waals surface area contributed by atoms with Crippen molar-refractivity contribution in [2.24, 2.45) is 0 Å². The molecule has 0 unspecified atom stereocenters. The number of hydrogen-bond donors (Lipinski definition) is 2. The van der Waals surface area contributed by atoms with Crippen LogP contribution < -0.4 is 4.74 Å². The van der Waals surface area contributed by atoms with Crippen LogP contribution in [0.15, 0.2) is 23.4 Å². The van der Waals surface area contributed by atoms with Crippen LogP contribution in [0.1, 0.15) is 0 Å². The third-order valence-electron chi connectivity index (χ3n) is 2.37. The van der Waals surface area contributed by atoms with E-state index in [2.05, 4.69) is 9.97 Å². The number of rotatable bonds is 7. The van der Waals surface area contributed by atoms with Gasteiger partial charge in [-0.05, 0) is 12.1 Å². The van der Waals surface area contributed by atoms with Gasteiger partial charge in [0.1, 0.15) is 5.75 Å². The smallest absolute Gasteiger partial charge is 0.166 e. The first kappa shape index (κ1) is 13.2. The predicted octanol–water partition coefficient (Wildman–Crippen LogP) is 1.67. The van der Waals surface area contributed by atoms with Crippen LogP contribution in [0.2, 0.25) is 0 Å². The average molecular weight is 268 g/mol. The molecule has 0 aliphatic rings. The molecule has 98 valence electrons. The Morgan fingerprint density at radius 3 is 3.06 bits per heavy atom. The van der Waals surface area contributed by atoms with Gasteiger partial charge in [0.15, 0.2) is 5.16 Å². The van der Waals surface area contributed by atoms with Gasteiger partial charge in [-0.15, -0.1) is 0 Å². The van der Waals surface area contributed by atoms with Gasteiger partial charge < -0.3 is 19.6 Å². The molecule has 0 radical (unpaired) electrons. The van der Waals surface area contributed by atoms with Crippen LogP contribution in [0, 0.1) is 0 Å². The van der Waals surface area contributed by atoms with E-state index in [1.165, 1.54) is 0 Å². The van der Waals surface area contributed by atoms with Crippen molar-refractivity contribution in [1.82, 2.24) is 9.97 Å². The number of methoxy groups -OCH3 is 1. The Labute approximate surface area is 110 Å². The number of benzene rings is 1. The van der Waals surface area contributed by atoms with Crippen LogP contribution in [0.25, 0.3) is 11.0 Å². The number of thioether (sulfide) groups is 1. The van der Waals surface area contributed by atoms with Crippen LogP contribution >= 0.6 is 11.8 Å². The fourth-order valence-corrected chi connectivity index (χ4v) is 2.26. The number of nitrogens with one attached hydrogen (secondary N) is 1. The highest BCUT2D eigenvalue weighted by Crippen LogP contribution is 2.22. The third-order valence-corrected chi connectivity index (χ3v) is 3.21. The molecular formula is C12H16N2O3S. The monoisotopic (exact) mass is 268 g/mol. The van der Waals surface area contributed by atoms with Crippen LogP contribution in [0.3, 0.4) is 0 Å². The summed E-state index contributed by atoms with van der Waals surface area (Å²) in [5, 5.41) is 9.43. The second-order valence-electron chi connectivity index (χ2n) is 3.61. The van der Waals surface area contributed by atoms with E-state index in [-0.39, 0.29) is 6.61 Å². The lowest BCUT2D eigenvalue weighted by molar-refractivity contribution is 0.103. The highest BCUT2D eigenvalue weighted by Gasteiger charge is 2.04. The summed E-state index contributed by atoms with van der Waals surface area (Å²) in [6.07, 6.45) is 0. The molecule has 18 heavy (non-hydrogen) atoms. The molecule has 2 N–H and O–H groups in total. The molecule has 0 aliphatic carbocycles. The lowest BCUT2D eigenvalue weighted by atomic mass is 10.3. The van der Waals surface area contributed by atoms with Gasteiger partial charge in [0, 0.05) is 11.8 Å². The largest absolute Gasteiger partial charge is 0.497 e. The Morgan fingerprint density at radius 1 is 1.39 bits per heavy atom. The Bertz CT molecular complexity index is 501. The van der Waals surface area contributed by atoms with E-state index >= 15 is 0 Å². The third kappa shape index (κ3) is 3.38. The lowest BCUT2D eigenvalue weighted by Crippen LogP contribution is -2.02. The molecule has 2 rings (SSSR count). The van der Waals surface area contributed by atoms with Gasteiger partial charge in [0.2, 0.25) is 0 Å². The number of aliphatic hydroxyl groups excluding tert-OH is 1. The van der Waals surface area contributed by atoms with Crippen molar-refractivity contribution in [3.63, 3.8) is 0 Å². The SMILES string of the molecule is COc1ccc2nc(SCCOCCO)[nH]c2c1. The lowest BCUT2D eigenvalue weighted by Gasteiger charge is -1.99. The highest BCUT2D eigenvalue weighted by atomic mass is 32.2. The van der Waals surface area contributed by atoms with E-state index < -0.39 is 0 Å². The molecule has 0 spiro atoms.